The van der Waals surface area contributed by atoms with Crippen LogP contribution in [-0.4, -0.2) is 18.2 Å². The maximum atomic E-state index is 5.32. The van der Waals surface area contributed by atoms with Crippen molar-refractivity contribution in [2.75, 3.05) is 7.11 Å². The summed E-state index contributed by atoms with van der Waals surface area (Å²) in [5.74, 6) is 0. The molecule has 80 valence electrons. The van der Waals surface area contributed by atoms with Crippen molar-refractivity contribution in [3.05, 3.63) is 48.2 Å². The molecule has 0 aliphatic carbocycles. The van der Waals surface area contributed by atoms with Crippen molar-refractivity contribution in [2.45, 2.75) is 25.3 Å². The molecule has 0 aromatic heterocycles. The zero-order valence-corrected chi connectivity index (χ0v) is 9.10. The second-order valence-corrected chi connectivity index (χ2v) is 3.85. The minimum absolute atomic E-state index is 0.474. The summed E-state index contributed by atoms with van der Waals surface area (Å²) >= 11 is 0. The fourth-order valence-corrected chi connectivity index (χ4v) is 2.00. The lowest BCUT2D eigenvalue weighted by Crippen LogP contribution is -2.33. The molecule has 2 nitrogen and oxygen atoms in total. The number of hydrogen-bond acceptors (Lipinski definition) is 2. The van der Waals surface area contributed by atoms with Crippen LogP contribution in [0.2, 0.25) is 0 Å². The Bertz CT molecular complexity index is 321. The largest absolute Gasteiger partial charge is 0.277 e. The van der Waals surface area contributed by atoms with Gasteiger partial charge in [-0.2, -0.15) is 0 Å². The highest BCUT2D eigenvalue weighted by Gasteiger charge is 2.18. The smallest absolute Gasteiger partial charge is 0.0638 e. The Kier molecular flexibility index (Phi) is 3.41. The molecule has 0 amide bonds. The number of allylic oxidation sites excluding steroid dienone is 1. The van der Waals surface area contributed by atoms with Crippen molar-refractivity contribution >= 4 is 0 Å². The molecule has 1 aliphatic rings. The van der Waals surface area contributed by atoms with E-state index >= 15 is 0 Å². The predicted octanol–water partition coefficient (Wildman–Crippen LogP) is 2.77. The van der Waals surface area contributed by atoms with Gasteiger partial charge in [-0.25, -0.2) is 0 Å². The highest BCUT2D eigenvalue weighted by molar-refractivity contribution is 5.16. The zero-order chi connectivity index (χ0) is 10.5. The first-order chi connectivity index (χ1) is 7.40. The first kappa shape index (κ1) is 10.2. The van der Waals surface area contributed by atoms with E-state index in [2.05, 4.69) is 36.4 Å². The van der Waals surface area contributed by atoms with E-state index in [4.69, 9.17) is 4.84 Å². The Morgan fingerprint density at radius 1 is 1.33 bits per heavy atom. The molecule has 0 saturated heterocycles. The van der Waals surface area contributed by atoms with Gasteiger partial charge in [0.15, 0.2) is 0 Å². The maximum absolute atomic E-state index is 5.32. The van der Waals surface area contributed by atoms with Crippen molar-refractivity contribution in [1.82, 2.24) is 5.06 Å². The molecule has 0 fully saturated rings. The molecule has 0 saturated carbocycles. The summed E-state index contributed by atoms with van der Waals surface area (Å²) in [6.45, 7) is 0. The average molecular weight is 203 g/mol. The Labute approximate surface area is 91.1 Å². The van der Waals surface area contributed by atoms with Gasteiger partial charge in [0.05, 0.1) is 13.2 Å². The molecule has 1 aliphatic heterocycles. The van der Waals surface area contributed by atoms with Crippen molar-refractivity contribution < 1.29 is 4.84 Å². The van der Waals surface area contributed by atoms with E-state index < -0.39 is 0 Å². The molecule has 2 rings (SSSR count). The fourth-order valence-electron chi connectivity index (χ4n) is 2.00. The van der Waals surface area contributed by atoms with Crippen LogP contribution in [0.15, 0.2) is 42.6 Å². The number of nitrogens with zero attached hydrogens (tertiary/aromatic N) is 1. The summed E-state index contributed by atoms with van der Waals surface area (Å²) in [6.07, 6.45) is 7.57. The Balaban J connectivity index is 2.02. The summed E-state index contributed by atoms with van der Waals surface area (Å²) in [4.78, 5) is 5.32. The van der Waals surface area contributed by atoms with Crippen molar-refractivity contribution in [3.8, 4) is 0 Å². The summed E-state index contributed by atoms with van der Waals surface area (Å²) in [6, 6.07) is 11.1. The standard InChI is InChI=1S/C13H17NO/c1-15-14-10-6-5-9-13(14)11-12-7-3-2-4-8-12/h2-4,6-8,10,13H,5,9,11H2,1H3. The van der Waals surface area contributed by atoms with Gasteiger partial charge in [0.2, 0.25) is 0 Å². The molecule has 1 atom stereocenters. The minimum Gasteiger partial charge on any atom is -0.277 e. The number of hydrogen-bond donors (Lipinski definition) is 0. The second kappa shape index (κ2) is 4.99. The number of rotatable bonds is 3. The molecular weight excluding hydrogens is 186 g/mol. The van der Waals surface area contributed by atoms with Gasteiger partial charge in [-0.1, -0.05) is 36.4 Å². The van der Waals surface area contributed by atoms with Gasteiger partial charge in [0, 0.05) is 6.20 Å². The molecule has 2 heteroatoms. The molecular formula is C13H17NO. The summed E-state index contributed by atoms with van der Waals surface area (Å²) in [7, 11) is 1.73. The van der Waals surface area contributed by atoms with Crippen LogP contribution < -0.4 is 0 Å². The van der Waals surface area contributed by atoms with E-state index in [0.717, 1.165) is 12.8 Å². The molecule has 0 spiro atoms. The fraction of sp³-hybridized carbons (Fsp3) is 0.385. The van der Waals surface area contributed by atoms with Crippen LogP contribution in [0.4, 0.5) is 0 Å². The van der Waals surface area contributed by atoms with Crippen LogP contribution in [-0.2, 0) is 11.3 Å². The van der Waals surface area contributed by atoms with Crippen LogP contribution in [0.3, 0.4) is 0 Å². The quantitative estimate of drug-likeness (QED) is 0.749. The Morgan fingerprint density at radius 3 is 2.87 bits per heavy atom. The van der Waals surface area contributed by atoms with Gasteiger partial charge in [-0.05, 0) is 24.8 Å². The van der Waals surface area contributed by atoms with E-state index in [1.807, 2.05) is 11.3 Å². The average Bonchev–Trinajstić information content (AvgIpc) is 2.31. The molecule has 15 heavy (non-hydrogen) atoms. The first-order valence-electron chi connectivity index (χ1n) is 5.43. The van der Waals surface area contributed by atoms with Crippen molar-refractivity contribution in [3.63, 3.8) is 0 Å². The SMILES string of the molecule is CON1C=CCCC1Cc1ccccc1. The molecule has 1 aromatic rings. The topological polar surface area (TPSA) is 12.5 Å². The predicted molar refractivity (Wildman–Crippen MR) is 61.2 cm³/mol. The van der Waals surface area contributed by atoms with Gasteiger partial charge < -0.3 is 0 Å². The molecule has 0 radical (unpaired) electrons. The lowest BCUT2D eigenvalue weighted by Gasteiger charge is -2.30. The van der Waals surface area contributed by atoms with Crippen LogP contribution in [0, 0.1) is 0 Å². The monoisotopic (exact) mass is 203 g/mol. The number of benzene rings is 1. The van der Waals surface area contributed by atoms with Gasteiger partial charge in [-0.3, -0.25) is 9.90 Å². The highest BCUT2D eigenvalue weighted by atomic mass is 16.7. The van der Waals surface area contributed by atoms with E-state index in [9.17, 15) is 0 Å². The van der Waals surface area contributed by atoms with E-state index in [0.29, 0.717) is 6.04 Å². The molecule has 1 heterocycles. The van der Waals surface area contributed by atoms with Gasteiger partial charge in [0.1, 0.15) is 0 Å². The summed E-state index contributed by atoms with van der Waals surface area (Å²) < 4.78 is 0. The first-order valence-corrected chi connectivity index (χ1v) is 5.43. The summed E-state index contributed by atoms with van der Waals surface area (Å²) in [5.41, 5.74) is 1.37. The Hall–Kier alpha value is -1.28. The van der Waals surface area contributed by atoms with Crippen LogP contribution >= 0.6 is 0 Å². The van der Waals surface area contributed by atoms with E-state index in [-0.39, 0.29) is 0 Å². The van der Waals surface area contributed by atoms with Crippen molar-refractivity contribution in [1.29, 1.82) is 0 Å². The van der Waals surface area contributed by atoms with Crippen LogP contribution in [0.5, 0.6) is 0 Å². The summed E-state index contributed by atoms with van der Waals surface area (Å²) in [5, 5.41) is 1.95. The van der Waals surface area contributed by atoms with Gasteiger partial charge >= 0.3 is 0 Å². The third-order valence-electron chi connectivity index (χ3n) is 2.80. The minimum atomic E-state index is 0.474. The van der Waals surface area contributed by atoms with Crippen LogP contribution in [0.1, 0.15) is 18.4 Å². The third kappa shape index (κ3) is 2.60. The lowest BCUT2D eigenvalue weighted by molar-refractivity contribution is -0.125. The molecule has 1 unspecified atom stereocenters. The van der Waals surface area contributed by atoms with Gasteiger partial charge in [-0.15, -0.1) is 0 Å². The molecule has 0 N–H and O–H groups in total. The maximum Gasteiger partial charge on any atom is 0.0638 e. The van der Waals surface area contributed by atoms with Crippen LogP contribution in [0.25, 0.3) is 0 Å². The van der Waals surface area contributed by atoms with E-state index in [1.165, 1.54) is 12.0 Å². The normalized spacial score (nSPS) is 20.6. The zero-order valence-electron chi connectivity index (χ0n) is 9.10. The second-order valence-electron chi connectivity index (χ2n) is 3.85. The number of hydroxylamine groups is 2. The van der Waals surface area contributed by atoms with Crippen molar-refractivity contribution in [2.24, 2.45) is 0 Å². The third-order valence-corrected chi connectivity index (χ3v) is 2.80. The Morgan fingerprint density at radius 2 is 2.13 bits per heavy atom. The molecule has 0 bridgehead atoms. The van der Waals surface area contributed by atoms with Gasteiger partial charge in [0.25, 0.3) is 0 Å². The molecule has 1 aromatic carbocycles. The lowest BCUT2D eigenvalue weighted by atomic mass is 10.00. The van der Waals surface area contributed by atoms with E-state index in [1.54, 1.807) is 7.11 Å². The highest BCUT2D eigenvalue weighted by Crippen LogP contribution is 2.18.